The molecular formula is C26H32F2O7. The van der Waals surface area contributed by atoms with Crippen LogP contribution in [0.25, 0.3) is 0 Å². The Morgan fingerprint density at radius 3 is 2.54 bits per heavy atom. The predicted octanol–water partition coefficient (Wildman–Crippen LogP) is 2.94. The van der Waals surface area contributed by atoms with Crippen LogP contribution in [0.5, 0.6) is 0 Å². The molecule has 3 unspecified atom stereocenters. The topological polar surface area (TPSA) is 99.1 Å². The highest BCUT2D eigenvalue weighted by Crippen LogP contribution is 2.72. The normalized spacial score (nSPS) is 49.4. The molecule has 192 valence electrons. The number of Topliss-reactive ketones (excluding diaryl/α,β-unsaturated/α-hetero) is 1. The van der Waals surface area contributed by atoms with Crippen molar-refractivity contribution in [1.82, 2.24) is 0 Å². The second-order valence-corrected chi connectivity index (χ2v) is 11.6. The predicted molar refractivity (Wildman–Crippen MR) is 118 cm³/mol. The van der Waals surface area contributed by atoms with Crippen molar-refractivity contribution in [1.29, 1.82) is 0 Å². The van der Waals surface area contributed by atoms with Gasteiger partial charge in [0.1, 0.15) is 6.17 Å². The molecule has 4 fully saturated rings. The van der Waals surface area contributed by atoms with E-state index in [1.165, 1.54) is 26.0 Å². The van der Waals surface area contributed by atoms with Gasteiger partial charge in [-0.25, -0.2) is 8.78 Å². The molecule has 1 heterocycles. The van der Waals surface area contributed by atoms with E-state index in [0.29, 0.717) is 0 Å². The molecule has 9 atom stereocenters. The van der Waals surface area contributed by atoms with Gasteiger partial charge in [0.15, 0.2) is 29.4 Å². The van der Waals surface area contributed by atoms with Gasteiger partial charge in [-0.05, 0) is 63.7 Å². The molecule has 5 rings (SSSR count). The molecule has 0 radical (unpaired) electrons. The number of carbonyl (C=O) groups excluding carboxylic acids is 3. The number of aliphatic hydroxyl groups is 1. The van der Waals surface area contributed by atoms with Crippen molar-refractivity contribution < 1.29 is 42.5 Å². The number of rotatable bonds is 3. The Hall–Kier alpha value is -1.97. The molecule has 9 heteroatoms. The maximum Gasteiger partial charge on any atom is 0.303 e. The number of fused-ring (bicyclic) bond motifs is 7. The van der Waals surface area contributed by atoms with E-state index in [0.717, 1.165) is 6.08 Å². The van der Waals surface area contributed by atoms with Gasteiger partial charge in [0, 0.05) is 23.7 Å². The van der Waals surface area contributed by atoms with Gasteiger partial charge in [0.05, 0.1) is 12.2 Å². The number of esters is 1. The van der Waals surface area contributed by atoms with Crippen LogP contribution in [-0.2, 0) is 28.6 Å². The number of alkyl halides is 2. The molecule has 0 aromatic rings. The van der Waals surface area contributed by atoms with E-state index < -0.39 is 82.2 Å². The largest absolute Gasteiger partial charge is 0.458 e. The van der Waals surface area contributed by atoms with Crippen LogP contribution in [0.2, 0.25) is 0 Å². The highest BCUT2D eigenvalue weighted by atomic mass is 19.1. The smallest absolute Gasteiger partial charge is 0.303 e. The van der Waals surface area contributed by atoms with Gasteiger partial charge in [-0.2, -0.15) is 0 Å². The van der Waals surface area contributed by atoms with Crippen molar-refractivity contribution in [3.8, 4) is 0 Å². The van der Waals surface area contributed by atoms with Gasteiger partial charge in [0.25, 0.3) is 0 Å². The summed E-state index contributed by atoms with van der Waals surface area (Å²) in [5.41, 5.74) is -6.46. The summed E-state index contributed by atoms with van der Waals surface area (Å²) in [5, 5.41) is 11.5. The lowest BCUT2D eigenvalue weighted by Crippen LogP contribution is -2.71. The van der Waals surface area contributed by atoms with Gasteiger partial charge in [-0.3, -0.25) is 14.4 Å². The van der Waals surface area contributed by atoms with Crippen LogP contribution < -0.4 is 0 Å². The van der Waals surface area contributed by atoms with Crippen molar-refractivity contribution in [3.63, 3.8) is 0 Å². The molecular weight excluding hydrogens is 462 g/mol. The van der Waals surface area contributed by atoms with Gasteiger partial charge in [0.2, 0.25) is 5.78 Å². The SMILES string of the molecule is CC(=O)OCC(=O)[C@]12OC(C)(C)OC1C[C@H]1[C@@H]3CC(F)C4=CC(=O)C=C[C@]4(C)[C@]3(F)C(O)C[C@@]12C. The van der Waals surface area contributed by atoms with Crippen LogP contribution in [0.4, 0.5) is 8.78 Å². The van der Waals surface area contributed by atoms with Gasteiger partial charge < -0.3 is 19.3 Å². The summed E-state index contributed by atoms with van der Waals surface area (Å²) in [6.45, 7) is 7.28. The summed E-state index contributed by atoms with van der Waals surface area (Å²) in [7, 11) is 0. The molecule has 0 bridgehead atoms. The first-order valence-corrected chi connectivity index (χ1v) is 12.1. The Bertz CT molecular complexity index is 1070. The minimum Gasteiger partial charge on any atom is -0.458 e. The molecule has 7 nitrogen and oxygen atoms in total. The van der Waals surface area contributed by atoms with E-state index in [1.807, 2.05) is 0 Å². The second-order valence-electron chi connectivity index (χ2n) is 11.6. The number of halogens is 2. The van der Waals surface area contributed by atoms with Crippen LogP contribution in [0.15, 0.2) is 23.8 Å². The molecule has 3 saturated carbocycles. The molecule has 0 aromatic heterocycles. The average molecular weight is 495 g/mol. The third-order valence-corrected chi connectivity index (χ3v) is 9.44. The molecule has 1 aliphatic heterocycles. The lowest BCUT2D eigenvalue weighted by Gasteiger charge is -2.63. The lowest BCUT2D eigenvalue weighted by molar-refractivity contribution is -0.249. The standard InChI is InChI=1S/C26H32F2O7/c1-13(29)33-12-20(32)26-21(34-22(2,3)35-26)10-15-16-9-18(27)17-8-14(30)6-7-23(17,4)25(16,28)19(31)11-24(15,26)5/h6-8,15-16,18-19,21,31H,9-12H2,1-5H3/t15-,16-,18?,19?,21?,23-,24-,25+,26-/m0/s1. The molecule has 1 saturated heterocycles. The van der Waals surface area contributed by atoms with Crippen molar-refractivity contribution in [3.05, 3.63) is 23.8 Å². The molecule has 35 heavy (non-hydrogen) atoms. The Morgan fingerprint density at radius 2 is 1.89 bits per heavy atom. The first kappa shape index (κ1) is 24.7. The van der Waals surface area contributed by atoms with Gasteiger partial charge >= 0.3 is 5.97 Å². The third-order valence-electron chi connectivity index (χ3n) is 9.44. The van der Waals surface area contributed by atoms with Crippen LogP contribution in [0, 0.1) is 22.7 Å². The molecule has 0 spiro atoms. The fraction of sp³-hybridized carbons (Fsp3) is 0.731. The first-order valence-electron chi connectivity index (χ1n) is 12.1. The number of ketones is 2. The summed E-state index contributed by atoms with van der Waals surface area (Å²) >= 11 is 0. The van der Waals surface area contributed by atoms with Crippen molar-refractivity contribution in [2.75, 3.05) is 6.61 Å². The Kier molecular flexibility index (Phi) is 5.15. The highest BCUT2D eigenvalue weighted by molar-refractivity contribution is 6.01. The minimum atomic E-state index is -2.27. The monoisotopic (exact) mass is 494 g/mol. The fourth-order valence-corrected chi connectivity index (χ4v) is 8.08. The van der Waals surface area contributed by atoms with E-state index in [2.05, 4.69) is 0 Å². The zero-order valence-corrected chi connectivity index (χ0v) is 20.6. The summed E-state index contributed by atoms with van der Waals surface area (Å²) in [4.78, 5) is 37.1. The van der Waals surface area contributed by atoms with Gasteiger partial charge in [-0.1, -0.05) is 13.0 Å². The van der Waals surface area contributed by atoms with Crippen LogP contribution >= 0.6 is 0 Å². The number of hydrogen-bond acceptors (Lipinski definition) is 7. The van der Waals surface area contributed by atoms with Crippen molar-refractivity contribution >= 4 is 17.5 Å². The third kappa shape index (κ3) is 2.95. The van der Waals surface area contributed by atoms with Crippen LogP contribution in [0.3, 0.4) is 0 Å². The first-order chi connectivity index (χ1) is 16.1. The van der Waals surface area contributed by atoms with E-state index in [4.69, 9.17) is 14.2 Å². The van der Waals surface area contributed by atoms with E-state index in [9.17, 15) is 19.5 Å². The Balaban J connectivity index is 1.62. The fourth-order valence-electron chi connectivity index (χ4n) is 8.08. The Morgan fingerprint density at radius 1 is 1.20 bits per heavy atom. The van der Waals surface area contributed by atoms with E-state index in [1.54, 1.807) is 20.8 Å². The van der Waals surface area contributed by atoms with Crippen molar-refractivity contribution in [2.24, 2.45) is 22.7 Å². The Labute approximate surface area is 202 Å². The summed E-state index contributed by atoms with van der Waals surface area (Å²) in [6, 6.07) is 0. The quantitative estimate of drug-likeness (QED) is 0.603. The number of hydrogen-bond donors (Lipinski definition) is 1. The maximum absolute atomic E-state index is 17.3. The van der Waals surface area contributed by atoms with E-state index in [-0.39, 0.29) is 24.8 Å². The summed E-state index contributed by atoms with van der Waals surface area (Å²) in [5.74, 6) is -4.23. The van der Waals surface area contributed by atoms with Crippen molar-refractivity contribution in [2.45, 2.75) is 89.3 Å². The van der Waals surface area contributed by atoms with Crippen LogP contribution in [-0.4, -0.2) is 64.7 Å². The number of ether oxygens (including phenoxy) is 3. The number of carbonyl (C=O) groups is 3. The van der Waals surface area contributed by atoms with Gasteiger partial charge in [-0.15, -0.1) is 0 Å². The molecule has 5 aliphatic rings. The highest BCUT2D eigenvalue weighted by Gasteiger charge is 2.80. The van der Waals surface area contributed by atoms with Crippen LogP contribution in [0.1, 0.15) is 53.9 Å². The summed E-state index contributed by atoms with van der Waals surface area (Å²) in [6.07, 6.45) is -0.345. The molecule has 0 aromatic carbocycles. The number of allylic oxidation sites excluding steroid dienone is 4. The average Bonchev–Trinajstić information content (AvgIpc) is 3.16. The zero-order valence-electron chi connectivity index (χ0n) is 20.6. The second kappa shape index (κ2) is 7.29. The maximum atomic E-state index is 17.3. The molecule has 4 aliphatic carbocycles. The summed E-state index contributed by atoms with van der Waals surface area (Å²) < 4.78 is 50.3. The zero-order chi connectivity index (χ0) is 25.8. The molecule has 1 N–H and O–H groups in total. The minimum absolute atomic E-state index is 0.0406. The molecule has 0 amide bonds. The number of aliphatic hydroxyl groups excluding tert-OH is 1. The lowest BCUT2D eigenvalue weighted by atomic mass is 9.44. The van der Waals surface area contributed by atoms with E-state index >= 15 is 8.78 Å².